The third-order valence-corrected chi connectivity index (χ3v) is 1.05. The molecular formula is C5H7Cl2N3. The molecule has 0 saturated carbocycles. The van der Waals surface area contributed by atoms with E-state index in [-0.39, 0.29) is 12.4 Å². The molecule has 1 aromatic heterocycles. The van der Waals surface area contributed by atoms with Gasteiger partial charge >= 0.3 is 0 Å². The first kappa shape index (κ1) is 9.62. The predicted octanol–water partition coefficient (Wildman–Crippen LogP) is 1.01. The highest BCUT2D eigenvalue weighted by Gasteiger charge is 1.89. The van der Waals surface area contributed by atoms with Crippen LogP contribution in [0.15, 0.2) is 12.4 Å². The van der Waals surface area contributed by atoms with Gasteiger partial charge in [-0.1, -0.05) is 11.6 Å². The lowest BCUT2D eigenvalue weighted by Crippen LogP contribution is -2.01. The molecule has 0 bridgehead atoms. The number of rotatable bonds is 1. The van der Waals surface area contributed by atoms with Gasteiger partial charge in [0.2, 0.25) is 0 Å². The average Bonchev–Trinajstić information content (AvgIpc) is 1.90. The molecule has 0 unspecified atom stereocenters. The SMILES string of the molecule is Cl.NCc1ncc(Cl)cn1. The summed E-state index contributed by atoms with van der Waals surface area (Å²) < 4.78 is 0. The zero-order chi connectivity index (χ0) is 6.69. The maximum Gasteiger partial charge on any atom is 0.141 e. The summed E-state index contributed by atoms with van der Waals surface area (Å²) in [5.74, 6) is 0.611. The van der Waals surface area contributed by atoms with Gasteiger partial charge in [-0.15, -0.1) is 12.4 Å². The Morgan fingerprint density at radius 1 is 1.40 bits per heavy atom. The number of hydrogen-bond donors (Lipinski definition) is 1. The normalized spacial score (nSPS) is 8.60. The quantitative estimate of drug-likeness (QED) is 0.701. The predicted molar refractivity (Wildman–Crippen MR) is 42.2 cm³/mol. The molecular weight excluding hydrogens is 173 g/mol. The summed E-state index contributed by atoms with van der Waals surface area (Å²) in [6.45, 7) is 0.358. The van der Waals surface area contributed by atoms with Gasteiger partial charge in [0, 0.05) is 12.4 Å². The van der Waals surface area contributed by atoms with E-state index >= 15 is 0 Å². The van der Waals surface area contributed by atoms with Gasteiger partial charge in [-0.05, 0) is 0 Å². The highest BCUT2D eigenvalue weighted by atomic mass is 35.5. The molecule has 1 rings (SSSR count). The van der Waals surface area contributed by atoms with Crippen LogP contribution >= 0.6 is 24.0 Å². The van der Waals surface area contributed by atoms with E-state index in [1.807, 2.05) is 0 Å². The molecule has 0 aliphatic heterocycles. The minimum atomic E-state index is 0. The first-order valence-electron chi connectivity index (χ1n) is 2.49. The minimum Gasteiger partial charge on any atom is -0.324 e. The maximum atomic E-state index is 5.50. The average molecular weight is 180 g/mol. The summed E-state index contributed by atoms with van der Waals surface area (Å²) in [6.07, 6.45) is 3.05. The molecule has 0 saturated heterocycles. The van der Waals surface area contributed by atoms with Crippen molar-refractivity contribution < 1.29 is 0 Å². The molecule has 2 N–H and O–H groups in total. The van der Waals surface area contributed by atoms with Crippen LogP contribution in [0.25, 0.3) is 0 Å². The lowest BCUT2D eigenvalue weighted by Gasteiger charge is -1.91. The molecule has 3 nitrogen and oxygen atoms in total. The van der Waals surface area contributed by atoms with Crippen LogP contribution in [-0.4, -0.2) is 9.97 Å². The van der Waals surface area contributed by atoms with Crippen LogP contribution in [0, 0.1) is 0 Å². The molecule has 0 aliphatic carbocycles. The van der Waals surface area contributed by atoms with Crippen LogP contribution in [0.3, 0.4) is 0 Å². The molecule has 1 heterocycles. The molecule has 0 spiro atoms. The van der Waals surface area contributed by atoms with Gasteiger partial charge < -0.3 is 5.73 Å². The Balaban J connectivity index is 0.000000810. The summed E-state index contributed by atoms with van der Waals surface area (Å²) in [5.41, 5.74) is 5.23. The van der Waals surface area contributed by atoms with Crippen molar-refractivity contribution >= 4 is 24.0 Å². The number of halogens is 2. The highest BCUT2D eigenvalue weighted by Crippen LogP contribution is 2.01. The van der Waals surface area contributed by atoms with Crippen molar-refractivity contribution in [2.45, 2.75) is 6.54 Å². The molecule has 1 aromatic rings. The molecule has 0 atom stereocenters. The zero-order valence-corrected chi connectivity index (χ0v) is 6.69. The standard InChI is InChI=1S/C5H6ClN3.ClH/c6-4-2-8-5(1-7)9-3-4;/h2-3H,1,7H2;1H. The molecule has 0 aliphatic rings. The fraction of sp³-hybridized carbons (Fsp3) is 0.200. The van der Waals surface area contributed by atoms with E-state index in [1.165, 1.54) is 12.4 Å². The second kappa shape index (κ2) is 4.44. The molecule has 10 heavy (non-hydrogen) atoms. The van der Waals surface area contributed by atoms with E-state index in [9.17, 15) is 0 Å². The fourth-order valence-electron chi connectivity index (χ4n) is 0.444. The van der Waals surface area contributed by atoms with Gasteiger partial charge in [0.05, 0.1) is 11.6 Å². The van der Waals surface area contributed by atoms with E-state index in [1.54, 1.807) is 0 Å². The van der Waals surface area contributed by atoms with E-state index in [0.717, 1.165) is 0 Å². The van der Waals surface area contributed by atoms with Crippen LogP contribution < -0.4 is 5.73 Å². The third-order valence-electron chi connectivity index (χ3n) is 0.856. The summed E-state index contributed by atoms with van der Waals surface area (Å²) in [5, 5.41) is 0.534. The number of aromatic nitrogens is 2. The Bertz CT molecular complexity index is 187. The van der Waals surface area contributed by atoms with Crippen LogP contribution in [0.5, 0.6) is 0 Å². The van der Waals surface area contributed by atoms with Gasteiger partial charge in [-0.25, -0.2) is 9.97 Å². The third kappa shape index (κ3) is 2.47. The number of nitrogens with two attached hydrogens (primary N) is 1. The van der Waals surface area contributed by atoms with Crippen LogP contribution in [0.4, 0.5) is 0 Å². The van der Waals surface area contributed by atoms with Gasteiger partial charge in [0.15, 0.2) is 0 Å². The van der Waals surface area contributed by atoms with Crippen molar-refractivity contribution in [2.24, 2.45) is 5.73 Å². The summed E-state index contributed by atoms with van der Waals surface area (Å²) in [6, 6.07) is 0. The Hall–Kier alpha value is -0.380. The van der Waals surface area contributed by atoms with Crippen molar-refractivity contribution in [3.63, 3.8) is 0 Å². The van der Waals surface area contributed by atoms with Gasteiger partial charge in [0.25, 0.3) is 0 Å². The van der Waals surface area contributed by atoms with Crippen molar-refractivity contribution in [2.75, 3.05) is 0 Å². The van der Waals surface area contributed by atoms with Gasteiger partial charge in [-0.3, -0.25) is 0 Å². The lowest BCUT2D eigenvalue weighted by molar-refractivity contribution is 0.909. The van der Waals surface area contributed by atoms with Gasteiger partial charge in [-0.2, -0.15) is 0 Å². The number of nitrogens with zero attached hydrogens (tertiary/aromatic N) is 2. The Kier molecular flexibility index (Phi) is 4.27. The van der Waals surface area contributed by atoms with E-state index in [2.05, 4.69) is 9.97 Å². The second-order valence-electron chi connectivity index (χ2n) is 1.52. The monoisotopic (exact) mass is 179 g/mol. The fourth-order valence-corrected chi connectivity index (χ4v) is 0.542. The van der Waals surface area contributed by atoms with Crippen molar-refractivity contribution in [3.05, 3.63) is 23.2 Å². The van der Waals surface area contributed by atoms with E-state index in [4.69, 9.17) is 17.3 Å². The molecule has 56 valence electrons. The smallest absolute Gasteiger partial charge is 0.141 e. The van der Waals surface area contributed by atoms with Crippen molar-refractivity contribution in [1.29, 1.82) is 0 Å². The van der Waals surface area contributed by atoms with Crippen LogP contribution in [0.1, 0.15) is 5.82 Å². The van der Waals surface area contributed by atoms with E-state index in [0.29, 0.717) is 17.4 Å². The molecule has 5 heteroatoms. The first-order valence-corrected chi connectivity index (χ1v) is 2.87. The topological polar surface area (TPSA) is 51.8 Å². The second-order valence-corrected chi connectivity index (χ2v) is 1.96. The molecule has 0 radical (unpaired) electrons. The summed E-state index contributed by atoms with van der Waals surface area (Å²) in [4.78, 5) is 7.66. The van der Waals surface area contributed by atoms with Crippen LogP contribution in [0.2, 0.25) is 5.02 Å². The summed E-state index contributed by atoms with van der Waals surface area (Å²) >= 11 is 5.50. The lowest BCUT2D eigenvalue weighted by atomic mass is 10.5. The van der Waals surface area contributed by atoms with Gasteiger partial charge in [0.1, 0.15) is 5.82 Å². The Morgan fingerprint density at radius 3 is 2.30 bits per heavy atom. The van der Waals surface area contributed by atoms with Crippen LogP contribution in [-0.2, 0) is 6.54 Å². The maximum absolute atomic E-state index is 5.50. The van der Waals surface area contributed by atoms with Crippen molar-refractivity contribution in [1.82, 2.24) is 9.97 Å². The largest absolute Gasteiger partial charge is 0.324 e. The zero-order valence-electron chi connectivity index (χ0n) is 5.12. The van der Waals surface area contributed by atoms with E-state index < -0.39 is 0 Å². The summed E-state index contributed by atoms with van der Waals surface area (Å²) in [7, 11) is 0. The first-order chi connectivity index (χ1) is 4.33. The minimum absolute atomic E-state index is 0. The highest BCUT2D eigenvalue weighted by molar-refractivity contribution is 6.30. The molecule has 0 fully saturated rings. The molecule has 0 aromatic carbocycles. The van der Waals surface area contributed by atoms with Crippen molar-refractivity contribution in [3.8, 4) is 0 Å². The Labute approximate surface area is 70.0 Å². The molecule has 0 amide bonds. The number of hydrogen-bond acceptors (Lipinski definition) is 3. The Morgan fingerprint density at radius 2 is 1.90 bits per heavy atom.